The summed E-state index contributed by atoms with van der Waals surface area (Å²) in [5.41, 5.74) is 4.73. The lowest BCUT2D eigenvalue weighted by atomic mass is 9.82. The molecule has 3 N–H and O–H groups in total. The molecule has 3 aromatic heterocycles. The zero-order chi connectivity index (χ0) is 27.1. The second-order valence-electron chi connectivity index (χ2n) is 11.7. The molecule has 37 heavy (non-hydrogen) atoms. The van der Waals surface area contributed by atoms with Crippen LogP contribution < -0.4 is 16.2 Å². The number of aromatic amines is 1. The van der Waals surface area contributed by atoms with Gasteiger partial charge >= 0.3 is 0 Å². The summed E-state index contributed by atoms with van der Waals surface area (Å²) in [5, 5.41) is 11.9. The minimum Gasteiger partial charge on any atom is -0.348 e. The van der Waals surface area contributed by atoms with Gasteiger partial charge in [-0.2, -0.15) is 5.10 Å². The number of nitrogens with one attached hydrogen (secondary N) is 3. The highest BCUT2D eigenvalue weighted by Crippen LogP contribution is 2.34. The minimum atomic E-state index is -0.256. The van der Waals surface area contributed by atoms with Gasteiger partial charge in [-0.25, -0.2) is 9.67 Å². The first kappa shape index (κ1) is 26.8. The fraction of sp³-hybridized carbons (Fsp3) is 0.500. The Morgan fingerprint density at radius 3 is 2.57 bits per heavy atom. The van der Waals surface area contributed by atoms with Gasteiger partial charge < -0.3 is 20.5 Å². The molecule has 0 radical (unpaired) electrons. The van der Waals surface area contributed by atoms with Gasteiger partial charge in [0.2, 0.25) is 0 Å². The molecule has 0 saturated carbocycles. The van der Waals surface area contributed by atoms with Crippen LogP contribution in [0.25, 0.3) is 16.6 Å². The Morgan fingerprint density at radius 1 is 1.19 bits per heavy atom. The maximum Gasteiger partial charge on any atom is 0.253 e. The number of amides is 1. The molecule has 4 rings (SSSR count). The summed E-state index contributed by atoms with van der Waals surface area (Å²) in [4.78, 5) is 36.0. The monoisotopic (exact) mass is 505 g/mol. The van der Waals surface area contributed by atoms with E-state index in [2.05, 4.69) is 59.4 Å². The minimum absolute atomic E-state index is 0.123. The highest BCUT2D eigenvalue weighted by molar-refractivity contribution is 6.06. The third kappa shape index (κ3) is 5.99. The summed E-state index contributed by atoms with van der Waals surface area (Å²) in [6.07, 6.45) is 4.69. The number of H-pyrrole nitrogens is 1. The summed E-state index contributed by atoms with van der Waals surface area (Å²) in [5.74, 6) is -0.256. The predicted octanol–water partition coefficient (Wildman–Crippen LogP) is 3.16. The third-order valence-corrected chi connectivity index (χ3v) is 6.69. The van der Waals surface area contributed by atoms with E-state index in [1.807, 2.05) is 44.8 Å². The second-order valence-corrected chi connectivity index (χ2v) is 11.7. The molecule has 198 valence electrons. The first-order valence-corrected chi connectivity index (χ1v) is 12.7. The number of aryl methyl sites for hydroxylation is 2. The SMILES string of the molecule is Cc1cc(C)c(CNC(=O)c2cc(C3=CC(C)(C)NC(C)(C)C3)nc3c2cnn3CCN(C)C)c(=O)[nH]1. The van der Waals surface area contributed by atoms with Crippen molar-refractivity contribution in [2.45, 2.75) is 72.1 Å². The Bertz CT molecular complexity index is 1430. The van der Waals surface area contributed by atoms with Crippen LogP contribution >= 0.6 is 0 Å². The van der Waals surface area contributed by atoms with Crippen LogP contribution in [-0.2, 0) is 13.1 Å². The van der Waals surface area contributed by atoms with Crippen LogP contribution in [-0.4, -0.2) is 62.3 Å². The van der Waals surface area contributed by atoms with E-state index in [9.17, 15) is 9.59 Å². The van der Waals surface area contributed by atoms with Crippen LogP contribution in [0.2, 0.25) is 0 Å². The van der Waals surface area contributed by atoms with Gasteiger partial charge in [-0.3, -0.25) is 9.59 Å². The molecule has 4 heterocycles. The van der Waals surface area contributed by atoms with E-state index in [-0.39, 0.29) is 29.1 Å². The molecule has 0 saturated heterocycles. The molecule has 0 unspecified atom stereocenters. The molecule has 1 amide bonds. The van der Waals surface area contributed by atoms with Gasteiger partial charge in [-0.05, 0) is 85.3 Å². The largest absolute Gasteiger partial charge is 0.348 e. The zero-order valence-electron chi connectivity index (χ0n) is 23.2. The number of rotatable bonds is 7. The quantitative estimate of drug-likeness (QED) is 0.455. The fourth-order valence-corrected chi connectivity index (χ4v) is 5.30. The Morgan fingerprint density at radius 2 is 1.92 bits per heavy atom. The van der Waals surface area contributed by atoms with E-state index in [4.69, 9.17) is 4.98 Å². The van der Waals surface area contributed by atoms with Crippen molar-refractivity contribution >= 4 is 22.5 Å². The Balaban J connectivity index is 1.77. The van der Waals surface area contributed by atoms with Gasteiger partial charge in [0.1, 0.15) is 0 Å². The lowest BCUT2D eigenvalue weighted by Gasteiger charge is -2.41. The van der Waals surface area contributed by atoms with Gasteiger partial charge in [0.05, 0.1) is 29.4 Å². The summed E-state index contributed by atoms with van der Waals surface area (Å²) < 4.78 is 1.86. The fourth-order valence-electron chi connectivity index (χ4n) is 5.30. The zero-order valence-corrected chi connectivity index (χ0v) is 23.2. The van der Waals surface area contributed by atoms with Gasteiger partial charge in [0, 0.05) is 35.4 Å². The molecule has 1 aliphatic heterocycles. The molecule has 3 aromatic rings. The van der Waals surface area contributed by atoms with Crippen LogP contribution in [0.3, 0.4) is 0 Å². The number of pyridine rings is 2. The topological polar surface area (TPSA) is 108 Å². The van der Waals surface area contributed by atoms with Gasteiger partial charge in [-0.15, -0.1) is 0 Å². The van der Waals surface area contributed by atoms with Crippen molar-refractivity contribution < 1.29 is 4.79 Å². The molecule has 9 nitrogen and oxygen atoms in total. The van der Waals surface area contributed by atoms with Crippen LogP contribution in [0, 0.1) is 13.8 Å². The van der Waals surface area contributed by atoms with Gasteiger partial charge in [-0.1, -0.05) is 6.08 Å². The number of hydrogen-bond acceptors (Lipinski definition) is 6. The van der Waals surface area contributed by atoms with Gasteiger partial charge in [0.25, 0.3) is 11.5 Å². The van der Waals surface area contributed by atoms with Crippen molar-refractivity contribution in [1.82, 2.24) is 35.3 Å². The number of carbonyl (C=O) groups excluding carboxylic acids is 1. The highest BCUT2D eigenvalue weighted by atomic mass is 16.1. The number of hydrogen-bond donors (Lipinski definition) is 3. The lowest BCUT2D eigenvalue weighted by molar-refractivity contribution is 0.0952. The smallest absolute Gasteiger partial charge is 0.253 e. The van der Waals surface area contributed by atoms with Crippen LogP contribution in [0.5, 0.6) is 0 Å². The molecule has 0 bridgehead atoms. The molecule has 1 aliphatic rings. The molecule has 0 fully saturated rings. The van der Waals surface area contributed by atoms with Crippen LogP contribution in [0.15, 0.2) is 29.2 Å². The van der Waals surface area contributed by atoms with E-state index in [0.717, 1.165) is 35.5 Å². The summed E-state index contributed by atoms with van der Waals surface area (Å²) >= 11 is 0. The van der Waals surface area contributed by atoms with Crippen molar-refractivity contribution in [2.24, 2.45) is 0 Å². The molecule has 0 spiro atoms. The normalized spacial score (nSPS) is 16.7. The van der Waals surface area contributed by atoms with Crippen molar-refractivity contribution in [3.8, 4) is 0 Å². The maximum absolute atomic E-state index is 13.6. The summed E-state index contributed by atoms with van der Waals surface area (Å²) in [7, 11) is 4.03. The van der Waals surface area contributed by atoms with E-state index in [1.54, 1.807) is 6.20 Å². The van der Waals surface area contributed by atoms with E-state index in [0.29, 0.717) is 28.7 Å². The number of fused-ring (bicyclic) bond motifs is 1. The Labute approximate surface area is 218 Å². The number of likely N-dealkylation sites (N-methyl/N-ethyl adjacent to an activating group) is 1. The van der Waals surface area contributed by atoms with Crippen molar-refractivity contribution in [3.63, 3.8) is 0 Å². The highest BCUT2D eigenvalue weighted by Gasteiger charge is 2.33. The number of nitrogens with zero attached hydrogens (tertiary/aromatic N) is 4. The lowest BCUT2D eigenvalue weighted by Crippen LogP contribution is -2.53. The van der Waals surface area contributed by atoms with Crippen LogP contribution in [0.4, 0.5) is 0 Å². The average molecular weight is 506 g/mol. The van der Waals surface area contributed by atoms with E-state index >= 15 is 0 Å². The first-order valence-electron chi connectivity index (χ1n) is 12.7. The summed E-state index contributed by atoms with van der Waals surface area (Å²) in [6, 6.07) is 3.78. The molecular formula is C28H39N7O2. The van der Waals surface area contributed by atoms with Crippen molar-refractivity contribution in [3.05, 3.63) is 62.8 Å². The van der Waals surface area contributed by atoms with Crippen LogP contribution in [0.1, 0.15) is 67.0 Å². The summed E-state index contributed by atoms with van der Waals surface area (Å²) in [6.45, 7) is 14.0. The number of carbonyl (C=O) groups is 1. The maximum atomic E-state index is 13.6. The molecular weight excluding hydrogens is 466 g/mol. The Hall–Kier alpha value is -3.30. The van der Waals surface area contributed by atoms with Gasteiger partial charge in [0.15, 0.2) is 5.65 Å². The van der Waals surface area contributed by atoms with Crippen molar-refractivity contribution in [1.29, 1.82) is 0 Å². The standard InChI is InChI=1S/C28H39N7O2/c1-17-11-18(2)31-26(37)21(17)15-29-25(36)20-12-23(19-13-27(3,4)33-28(5,6)14-19)32-24-22(20)16-30-35(24)10-9-34(7)8/h11-13,16,33H,9-10,14-15H2,1-8H3,(H,29,36)(H,31,37). The molecule has 0 aromatic carbocycles. The first-order chi connectivity index (χ1) is 17.2. The Kier molecular flexibility index (Phi) is 7.14. The molecule has 9 heteroatoms. The van der Waals surface area contributed by atoms with E-state index < -0.39 is 0 Å². The average Bonchev–Trinajstić information content (AvgIpc) is 3.17. The van der Waals surface area contributed by atoms with Crippen molar-refractivity contribution in [2.75, 3.05) is 20.6 Å². The molecule has 0 atom stereocenters. The third-order valence-electron chi connectivity index (χ3n) is 6.69. The van der Waals surface area contributed by atoms with E-state index in [1.165, 1.54) is 0 Å². The number of aromatic nitrogens is 4. The predicted molar refractivity (Wildman–Crippen MR) is 148 cm³/mol. The molecule has 0 aliphatic carbocycles. The second kappa shape index (κ2) is 9.87.